The van der Waals surface area contributed by atoms with Gasteiger partial charge in [0.05, 0.1) is 16.7 Å². The lowest BCUT2D eigenvalue weighted by molar-refractivity contribution is -0.384. The number of hydrogen-bond donors (Lipinski definition) is 1. The highest BCUT2D eigenvalue weighted by molar-refractivity contribution is 7.15. The smallest absolute Gasteiger partial charge is 0.306 e. The number of aliphatic hydroxyl groups excluding tert-OH is 1. The minimum Gasteiger partial charge on any atom is -0.388 e. The first-order valence-electron chi connectivity index (χ1n) is 6.38. The van der Waals surface area contributed by atoms with E-state index in [9.17, 15) is 15.2 Å². The molecule has 2 aromatic rings. The molecule has 2 rings (SSSR count). The van der Waals surface area contributed by atoms with Crippen LogP contribution < -0.4 is 0 Å². The molecule has 0 radical (unpaired) electrons. The van der Waals surface area contributed by atoms with Crippen molar-refractivity contribution in [1.82, 2.24) is 9.78 Å². The summed E-state index contributed by atoms with van der Waals surface area (Å²) in [6, 6.07) is 1.42. The molecule has 0 spiro atoms. The Labute approximate surface area is 120 Å². The monoisotopic (exact) mass is 295 g/mol. The Kier molecular flexibility index (Phi) is 3.92. The van der Waals surface area contributed by atoms with E-state index in [0.29, 0.717) is 9.88 Å². The molecule has 2 heterocycles. The molecule has 0 unspecified atom stereocenters. The van der Waals surface area contributed by atoms with Gasteiger partial charge in [0.1, 0.15) is 0 Å². The number of nitro groups is 1. The molecule has 0 aromatic carbocycles. The van der Waals surface area contributed by atoms with E-state index in [0.717, 1.165) is 23.4 Å². The summed E-state index contributed by atoms with van der Waals surface area (Å²) in [5.41, 5.74) is 2.88. The number of nitrogens with zero attached hydrogens (tertiary/aromatic N) is 3. The number of aromatic nitrogens is 2. The molecule has 0 saturated heterocycles. The Morgan fingerprint density at radius 1 is 1.55 bits per heavy atom. The van der Waals surface area contributed by atoms with Gasteiger partial charge in [-0.3, -0.25) is 10.1 Å². The van der Waals surface area contributed by atoms with E-state index in [1.165, 1.54) is 17.4 Å². The maximum Gasteiger partial charge on any atom is 0.306 e. The van der Waals surface area contributed by atoms with Crippen molar-refractivity contribution in [1.29, 1.82) is 0 Å². The second-order valence-corrected chi connectivity index (χ2v) is 5.75. The first-order valence-corrected chi connectivity index (χ1v) is 7.20. The van der Waals surface area contributed by atoms with Crippen molar-refractivity contribution in [3.05, 3.63) is 38.0 Å². The normalized spacial score (nSPS) is 12.7. The van der Waals surface area contributed by atoms with Gasteiger partial charge in [-0.2, -0.15) is 5.10 Å². The fourth-order valence-corrected chi connectivity index (χ4v) is 3.33. The van der Waals surface area contributed by atoms with Gasteiger partial charge in [-0.25, -0.2) is 4.68 Å². The van der Waals surface area contributed by atoms with Gasteiger partial charge in [0.2, 0.25) is 0 Å². The highest BCUT2D eigenvalue weighted by Crippen LogP contribution is 2.36. The van der Waals surface area contributed by atoms with Crippen molar-refractivity contribution < 1.29 is 10.0 Å². The summed E-state index contributed by atoms with van der Waals surface area (Å²) in [4.78, 5) is 11.3. The average Bonchev–Trinajstić information content (AvgIpc) is 2.91. The highest BCUT2D eigenvalue weighted by atomic mass is 32.1. The van der Waals surface area contributed by atoms with E-state index in [1.807, 2.05) is 20.8 Å². The van der Waals surface area contributed by atoms with Gasteiger partial charge < -0.3 is 5.11 Å². The topological polar surface area (TPSA) is 81.2 Å². The van der Waals surface area contributed by atoms with E-state index in [2.05, 4.69) is 5.10 Å². The minimum atomic E-state index is -0.727. The van der Waals surface area contributed by atoms with Crippen LogP contribution in [0.3, 0.4) is 0 Å². The third-order valence-corrected chi connectivity index (χ3v) is 4.58. The molecule has 1 atom stereocenters. The SMILES string of the molecule is CCc1c(C)nn(-c2sc([C@@H](C)O)cc2[N+](=O)[O-])c1C. The standard InChI is InChI=1S/C13H17N3O3S/c1-5-10-7(2)14-15(8(10)3)13-11(16(18)19)6-12(20-13)9(4)17/h6,9,17H,5H2,1-4H3/t9-/m1/s1. The predicted molar refractivity (Wildman–Crippen MR) is 77.6 cm³/mol. The summed E-state index contributed by atoms with van der Waals surface area (Å²) in [5.74, 6) is 0. The van der Waals surface area contributed by atoms with Crippen LogP contribution in [0.4, 0.5) is 5.69 Å². The highest BCUT2D eigenvalue weighted by Gasteiger charge is 2.25. The van der Waals surface area contributed by atoms with Crippen molar-refractivity contribution in [2.24, 2.45) is 0 Å². The molecule has 0 fully saturated rings. The fourth-order valence-electron chi connectivity index (χ4n) is 2.26. The van der Waals surface area contributed by atoms with Gasteiger partial charge in [-0.05, 0) is 32.8 Å². The number of thiophene rings is 1. The lowest BCUT2D eigenvalue weighted by Crippen LogP contribution is -2.00. The molecule has 0 bridgehead atoms. The van der Waals surface area contributed by atoms with E-state index < -0.39 is 11.0 Å². The molecule has 2 aromatic heterocycles. The van der Waals surface area contributed by atoms with Crippen LogP contribution in [0, 0.1) is 24.0 Å². The molecular formula is C13H17N3O3S. The number of hydrogen-bond acceptors (Lipinski definition) is 5. The largest absolute Gasteiger partial charge is 0.388 e. The third-order valence-electron chi connectivity index (χ3n) is 3.31. The average molecular weight is 295 g/mol. The van der Waals surface area contributed by atoms with Gasteiger partial charge in [-0.1, -0.05) is 6.92 Å². The lowest BCUT2D eigenvalue weighted by Gasteiger charge is -2.02. The number of aliphatic hydroxyl groups is 1. The first kappa shape index (κ1) is 14.7. The molecule has 0 saturated carbocycles. The molecule has 20 heavy (non-hydrogen) atoms. The zero-order chi connectivity index (χ0) is 15.0. The van der Waals surface area contributed by atoms with E-state index in [-0.39, 0.29) is 5.69 Å². The predicted octanol–water partition coefficient (Wildman–Crippen LogP) is 3.07. The second-order valence-electron chi connectivity index (χ2n) is 4.69. The van der Waals surface area contributed by atoms with Crippen molar-refractivity contribution in [2.45, 2.75) is 40.2 Å². The lowest BCUT2D eigenvalue weighted by atomic mass is 10.1. The van der Waals surface area contributed by atoms with Crippen molar-refractivity contribution in [3.63, 3.8) is 0 Å². The number of rotatable bonds is 4. The summed E-state index contributed by atoms with van der Waals surface area (Å²) in [6.07, 6.45) is 0.107. The Balaban J connectivity index is 2.65. The van der Waals surface area contributed by atoms with Crippen molar-refractivity contribution in [3.8, 4) is 5.00 Å². The molecule has 108 valence electrons. The van der Waals surface area contributed by atoms with Crippen LogP contribution in [0.2, 0.25) is 0 Å². The summed E-state index contributed by atoms with van der Waals surface area (Å²) < 4.78 is 1.61. The quantitative estimate of drug-likeness (QED) is 0.694. The van der Waals surface area contributed by atoms with Crippen LogP contribution in [-0.4, -0.2) is 19.8 Å². The van der Waals surface area contributed by atoms with Gasteiger partial charge >= 0.3 is 5.69 Å². The summed E-state index contributed by atoms with van der Waals surface area (Å²) in [7, 11) is 0. The van der Waals surface area contributed by atoms with Crippen LogP contribution in [0.5, 0.6) is 0 Å². The van der Waals surface area contributed by atoms with Crippen LogP contribution in [0.25, 0.3) is 5.00 Å². The summed E-state index contributed by atoms with van der Waals surface area (Å²) >= 11 is 1.20. The second kappa shape index (κ2) is 5.34. The zero-order valence-electron chi connectivity index (χ0n) is 11.9. The van der Waals surface area contributed by atoms with Crippen molar-refractivity contribution in [2.75, 3.05) is 0 Å². The Morgan fingerprint density at radius 2 is 2.20 bits per heavy atom. The van der Waals surface area contributed by atoms with Gasteiger partial charge in [0.25, 0.3) is 0 Å². The molecule has 6 nitrogen and oxygen atoms in total. The third kappa shape index (κ3) is 2.34. The zero-order valence-corrected chi connectivity index (χ0v) is 12.7. The van der Waals surface area contributed by atoms with Crippen molar-refractivity contribution >= 4 is 17.0 Å². The van der Waals surface area contributed by atoms with Gasteiger partial charge in [-0.15, -0.1) is 11.3 Å². The Bertz CT molecular complexity index is 658. The Morgan fingerprint density at radius 3 is 2.65 bits per heavy atom. The summed E-state index contributed by atoms with van der Waals surface area (Å²) in [5, 5.41) is 25.7. The summed E-state index contributed by atoms with van der Waals surface area (Å²) in [6.45, 7) is 7.44. The molecule has 0 amide bonds. The van der Waals surface area contributed by atoms with E-state index in [1.54, 1.807) is 11.6 Å². The molecule has 7 heteroatoms. The molecule has 0 aliphatic carbocycles. The molecule has 1 N–H and O–H groups in total. The van der Waals surface area contributed by atoms with Gasteiger partial charge in [0, 0.05) is 16.6 Å². The molecule has 0 aliphatic heterocycles. The van der Waals surface area contributed by atoms with Crippen LogP contribution in [0.1, 0.15) is 41.8 Å². The van der Waals surface area contributed by atoms with Crippen LogP contribution >= 0.6 is 11.3 Å². The number of aryl methyl sites for hydroxylation is 1. The maximum absolute atomic E-state index is 11.2. The van der Waals surface area contributed by atoms with Crippen LogP contribution in [-0.2, 0) is 6.42 Å². The minimum absolute atomic E-state index is 0.0147. The van der Waals surface area contributed by atoms with Crippen LogP contribution in [0.15, 0.2) is 6.07 Å². The van der Waals surface area contributed by atoms with E-state index in [4.69, 9.17) is 0 Å². The maximum atomic E-state index is 11.2. The van der Waals surface area contributed by atoms with Gasteiger partial charge in [0.15, 0.2) is 5.00 Å². The first-order chi connectivity index (χ1) is 9.36. The fraction of sp³-hybridized carbons (Fsp3) is 0.462. The Hall–Kier alpha value is -1.73. The van der Waals surface area contributed by atoms with E-state index >= 15 is 0 Å². The molecular weight excluding hydrogens is 278 g/mol. The molecule has 0 aliphatic rings.